The highest BCUT2D eigenvalue weighted by Gasteiger charge is 2.61. The van der Waals surface area contributed by atoms with Crippen molar-refractivity contribution < 1.29 is 32.3 Å². The molecule has 174 valence electrons. The van der Waals surface area contributed by atoms with Crippen LogP contribution in [0.1, 0.15) is 45.4 Å². The summed E-state index contributed by atoms with van der Waals surface area (Å²) in [5.41, 5.74) is -1.22. The number of carbonyl (C=O) groups excluding carboxylic acids is 3. The molecule has 6 nitrogen and oxygen atoms in total. The van der Waals surface area contributed by atoms with Crippen molar-refractivity contribution in [2.45, 2.75) is 56.4 Å². The molecule has 4 saturated carbocycles. The number of hydrogen-bond donors (Lipinski definition) is 2. The Hall–Kier alpha value is -2.29. The third kappa shape index (κ3) is 4.31. The fraction of sp³-hybridized carbons (Fsp3) is 0.591. The summed E-state index contributed by atoms with van der Waals surface area (Å²) in [6.07, 6.45) is 3.72. The number of nitrogens with one attached hydrogen (secondary N) is 2. The van der Waals surface area contributed by atoms with Gasteiger partial charge in [-0.1, -0.05) is 0 Å². The minimum Gasteiger partial charge on any atom is -0.452 e. The van der Waals surface area contributed by atoms with Gasteiger partial charge in [-0.3, -0.25) is 14.4 Å². The maximum absolute atomic E-state index is 13.6. The number of anilines is 1. The zero-order chi connectivity index (χ0) is 23.3. The summed E-state index contributed by atoms with van der Waals surface area (Å²) in [6.45, 7) is 0.830. The normalized spacial score (nSPS) is 31.2. The van der Waals surface area contributed by atoms with Crippen molar-refractivity contribution in [2.75, 3.05) is 11.9 Å². The summed E-state index contributed by atoms with van der Waals surface area (Å²) >= 11 is 6.74. The third-order valence-electron chi connectivity index (χ3n) is 6.81. The molecule has 32 heavy (non-hydrogen) atoms. The van der Waals surface area contributed by atoms with Crippen molar-refractivity contribution in [1.82, 2.24) is 5.32 Å². The first-order chi connectivity index (χ1) is 15.0. The Morgan fingerprint density at radius 1 is 1.12 bits per heavy atom. The van der Waals surface area contributed by atoms with Gasteiger partial charge in [0, 0.05) is 4.87 Å². The molecule has 0 spiro atoms. The van der Waals surface area contributed by atoms with E-state index in [0.29, 0.717) is 37.2 Å². The summed E-state index contributed by atoms with van der Waals surface area (Å²) in [5, 5.41) is 4.34. The molecule has 4 bridgehead atoms. The molecule has 1 aromatic carbocycles. The number of carbonyl (C=O) groups is 3. The van der Waals surface area contributed by atoms with Gasteiger partial charge in [0.05, 0.1) is 17.6 Å². The highest BCUT2D eigenvalue weighted by atomic mass is 35.5. The molecule has 4 fully saturated rings. The molecular weight excluding hydrogens is 449 g/mol. The molecular formula is C22H24ClF3N2O4. The van der Waals surface area contributed by atoms with Crippen molar-refractivity contribution >= 4 is 35.1 Å². The van der Waals surface area contributed by atoms with E-state index in [9.17, 15) is 27.6 Å². The molecule has 10 heteroatoms. The van der Waals surface area contributed by atoms with Crippen molar-refractivity contribution in [3.8, 4) is 0 Å². The average molecular weight is 473 g/mol. The molecule has 4 aliphatic rings. The van der Waals surface area contributed by atoms with Gasteiger partial charge in [-0.25, -0.2) is 13.2 Å². The first-order valence-electron chi connectivity index (χ1n) is 10.6. The van der Waals surface area contributed by atoms with Crippen LogP contribution in [0.15, 0.2) is 12.1 Å². The number of alkyl halides is 1. The van der Waals surface area contributed by atoms with Gasteiger partial charge in [0.2, 0.25) is 5.91 Å². The molecule has 0 radical (unpaired) electrons. The average Bonchev–Trinajstić information content (AvgIpc) is 2.70. The summed E-state index contributed by atoms with van der Waals surface area (Å²) < 4.78 is 45.3. The summed E-state index contributed by atoms with van der Waals surface area (Å²) in [5.74, 6) is -5.85. The van der Waals surface area contributed by atoms with Gasteiger partial charge in [0.1, 0.15) is 0 Å². The minimum atomic E-state index is -1.71. The molecule has 5 rings (SSSR count). The smallest absolute Gasteiger partial charge is 0.312 e. The Morgan fingerprint density at radius 2 is 1.78 bits per heavy atom. The lowest BCUT2D eigenvalue weighted by Crippen LogP contribution is -2.57. The van der Waals surface area contributed by atoms with Gasteiger partial charge in [0.15, 0.2) is 23.6 Å². The molecule has 2 amide bonds. The lowest BCUT2D eigenvalue weighted by atomic mass is 9.49. The number of ether oxygens (including phenoxy) is 1. The van der Waals surface area contributed by atoms with Crippen LogP contribution in [-0.4, -0.2) is 35.3 Å². The van der Waals surface area contributed by atoms with E-state index in [1.54, 1.807) is 0 Å². The molecule has 0 heterocycles. The minimum absolute atomic E-state index is 0.373. The van der Waals surface area contributed by atoms with Crippen molar-refractivity contribution in [3.05, 3.63) is 29.6 Å². The molecule has 0 aliphatic heterocycles. The van der Waals surface area contributed by atoms with Gasteiger partial charge in [0.25, 0.3) is 5.91 Å². The highest BCUT2D eigenvalue weighted by Crippen LogP contribution is 2.64. The second-order valence-corrected chi connectivity index (χ2v) is 10.2. The molecule has 3 atom stereocenters. The van der Waals surface area contributed by atoms with Crippen LogP contribution in [-0.2, 0) is 19.1 Å². The summed E-state index contributed by atoms with van der Waals surface area (Å²) in [4.78, 5) is 36.9. The van der Waals surface area contributed by atoms with E-state index >= 15 is 0 Å². The molecule has 1 aromatic rings. The summed E-state index contributed by atoms with van der Waals surface area (Å²) in [6, 6.07) is 1.54. The van der Waals surface area contributed by atoms with Crippen LogP contribution < -0.4 is 10.6 Å². The largest absolute Gasteiger partial charge is 0.452 e. The number of amides is 2. The zero-order valence-electron chi connectivity index (χ0n) is 17.5. The van der Waals surface area contributed by atoms with Gasteiger partial charge in [-0.2, -0.15) is 0 Å². The fourth-order valence-corrected chi connectivity index (χ4v) is 6.55. The molecule has 0 aromatic heterocycles. The Kier molecular flexibility index (Phi) is 5.90. The van der Waals surface area contributed by atoms with E-state index in [0.717, 1.165) is 25.3 Å². The predicted octanol–water partition coefficient (Wildman–Crippen LogP) is 3.67. The predicted molar refractivity (Wildman–Crippen MR) is 109 cm³/mol. The maximum atomic E-state index is 13.6. The first-order valence-corrected chi connectivity index (χ1v) is 11.0. The maximum Gasteiger partial charge on any atom is 0.312 e. The zero-order valence-corrected chi connectivity index (χ0v) is 18.2. The third-order valence-corrected chi connectivity index (χ3v) is 7.25. The van der Waals surface area contributed by atoms with Crippen molar-refractivity contribution in [2.24, 2.45) is 17.3 Å². The number of hydrogen-bond acceptors (Lipinski definition) is 4. The Labute approximate surface area is 188 Å². The Bertz CT molecular complexity index is 959. The number of halogens is 4. The Morgan fingerprint density at radius 3 is 2.41 bits per heavy atom. The second-order valence-electron chi connectivity index (χ2n) is 9.43. The Balaban J connectivity index is 1.29. The summed E-state index contributed by atoms with van der Waals surface area (Å²) in [7, 11) is 0. The first kappa shape index (κ1) is 22.9. The molecule has 3 unspecified atom stereocenters. The van der Waals surface area contributed by atoms with Crippen LogP contribution >= 0.6 is 11.6 Å². The van der Waals surface area contributed by atoms with E-state index < -0.39 is 59.0 Å². The number of esters is 1. The van der Waals surface area contributed by atoms with Crippen LogP contribution in [0.25, 0.3) is 0 Å². The number of benzene rings is 1. The fourth-order valence-electron chi connectivity index (χ4n) is 5.86. The van der Waals surface area contributed by atoms with Crippen LogP contribution in [0.4, 0.5) is 18.9 Å². The lowest BCUT2D eigenvalue weighted by molar-refractivity contribution is -0.177. The van der Waals surface area contributed by atoms with Gasteiger partial charge < -0.3 is 15.4 Å². The van der Waals surface area contributed by atoms with Crippen LogP contribution in [0.5, 0.6) is 0 Å². The van der Waals surface area contributed by atoms with E-state index in [4.69, 9.17) is 16.3 Å². The van der Waals surface area contributed by atoms with E-state index in [1.807, 2.05) is 5.32 Å². The van der Waals surface area contributed by atoms with Gasteiger partial charge in [-0.15, -0.1) is 11.6 Å². The standard InChI is InChI=1S/C22H24ClF3N2O4/c1-11(19(30)27-9-16(29)28-15-3-2-14(24)17(25)18(15)26)32-20(31)21-5-12-4-13(6-21)8-22(23,7-12)10-21/h2-3,11-13H,4-10H2,1H3,(H,27,30)(H,28,29). The van der Waals surface area contributed by atoms with E-state index in [2.05, 4.69) is 5.32 Å². The van der Waals surface area contributed by atoms with Crippen LogP contribution in [0, 0.1) is 34.7 Å². The SMILES string of the molecule is CC(OC(=O)C12CC3CC(CC(Cl)(C3)C1)C2)C(=O)NCC(=O)Nc1ccc(F)c(F)c1F. The number of rotatable bonds is 6. The molecule has 0 saturated heterocycles. The topological polar surface area (TPSA) is 84.5 Å². The van der Waals surface area contributed by atoms with Crippen LogP contribution in [0.3, 0.4) is 0 Å². The van der Waals surface area contributed by atoms with Crippen LogP contribution in [0.2, 0.25) is 0 Å². The highest BCUT2D eigenvalue weighted by molar-refractivity contribution is 6.24. The second kappa shape index (κ2) is 8.24. The van der Waals surface area contributed by atoms with Gasteiger partial charge >= 0.3 is 5.97 Å². The lowest BCUT2D eigenvalue weighted by Gasteiger charge is -2.58. The quantitative estimate of drug-likeness (QED) is 0.376. The van der Waals surface area contributed by atoms with E-state index in [-0.39, 0.29) is 4.87 Å². The van der Waals surface area contributed by atoms with E-state index in [1.165, 1.54) is 6.92 Å². The molecule has 4 aliphatic carbocycles. The van der Waals surface area contributed by atoms with Crippen molar-refractivity contribution in [1.29, 1.82) is 0 Å². The van der Waals surface area contributed by atoms with Crippen molar-refractivity contribution in [3.63, 3.8) is 0 Å². The van der Waals surface area contributed by atoms with Gasteiger partial charge in [-0.05, 0) is 69.4 Å². The molecule has 2 N–H and O–H groups in total. The monoisotopic (exact) mass is 472 g/mol.